The molecule has 0 aromatic carbocycles. The number of pyridine rings is 1. The summed E-state index contributed by atoms with van der Waals surface area (Å²) in [6, 6.07) is 5.71. The van der Waals surface area contributed by atoms with Crippen molar-refractivity contribution in [3.05, 3.63) is 42.0 Å². The second-order valence-corrected chi connectivity index (χ2v) is 4.38. The maximum Gasteiger partial charge on any atom is 0.158 e. The summed E-state index contributed by atoms with van der Waals surface area (Å²) in [7, 11) is 0. The molecule has 20 heavy (non-hydrogen) atoms. The molecule has 0 saturated carbocycles. The van der Waals surface area contributed by atoms with Crippen molar-refractivity contribution in [1.29, 1.82) is 0 Å². The maximum atomic E-state index is 5.79. The molecule has 0 fully saturated rings. The molecule has 0 aliphatic rings. The van der Waals surface area contributed by atoms with Gasteiger partial charge in [0.15, 0.2) is 5.82 Å². The minimum Gasteiger partial charge on any atom is -0.384 e. The van der Waals surface area contributed by atoms with E-state index in [-0.39, 0.29) is 6.04 Å². The van der Waals surface area contributed by atoms with Gasteiger partial charge in [-0.25, -0.2) is 9.97 Å². The van der Waals surface area contributed by atoms with E-state index >= 15 is 0 Å². The first-order chi connectivity index (χ1) is 9.69. The number of rotatable bonds is 6. The summed E-state index contributed by atoms with van der Waals surface area (Å²) in [4.78, 5) is 12.6. The highest BCUT2D eigenvalue weighted by Gasteiger charge is 2.08. The van der Waals surface area contributed by atoms with E-state index in [1.165, 1.54) is 0 Å². The van der Waals surface area contributed by atoms with Crippen LogP contribution in [0.2, 0.25) is 0 Å². The standard InChI is InChI=1S/C14H19N5O/c1-3-20-9-14-18-12(15)7-13(19-14)17-10(2)11-5-4-6-16-8-11/h4-8,10H,3,9H2,1-2H3,(H3,15,17,18,19). The Balaban J connectivity index is 2.10. The molecule has 0 spiro atoms. The molecule has 2 aromatic heterocycles. The second-order valence-electron chi connectivity index (χ2n) is 4.38. The largest absolute Gasteiger partial charge is 0.384 e. The van der Waals surface area contributed by atoms with Crippen molar-refractivity contribution in [3.8, 4) is 0 Å². The van der Waals surface area contributed by atoms with Crippen LogP contribution in [-0.4, -0.2) is 21.6 Å². The van der Waals surface area contributed by atoms with E-state index in [2.05, 4.69) is 20.3 Å². The maximum absolute atomic E-state index is 5.79. The number of anilines is 2. The molecule has 0 saturated heterocycles. The van der Waals surface area contributed by atoms with Gasteiger partial charge in [-0.2, -0.15) is 0 Å². The molecule has 0 amide bonds. The Morgan fingerprint density at radius 1 is 1.40 bits per heavy atom. The van der Waals surface area contributed by atoms with E-state index in [0.717, 1.165) is 5.56 Å². The van der Waals surface area contributed by atoms with Gasteiger partial charge in [0.2, 0.25) is 0 Å². The number of nitrogens with two attached hydrogens (primary N) is 1. The van der Waals surface area contributed by atoms with E-state index in [1.807, 2.05) is 32.2 Å². The van der Waals surface area contributed by atoms with Crippen LogP contribution < -0.4 is 11.1 Å². The number of hydrogen-bond donors (Lipinski definition) is 2. The number of hydrogen-bond acceptors (Lipinski definition) is 6. The van der Waals surface area contributed by atoms with Crippen LogP contribution in [0.15, 0.2) is 30.6 Å². The molecule has 2 rings (SSSR count). The van der Waals surface area contributed by atoms with Gasteiger partial charge in [0, 0.05) is 25.1 Å². The van der Waals surface area contributed by atoms with Crippen molar-refractivity contribution in [3.63, 3.8) is 0 Å². The lowest BCUT2D eigenvalue weighted by Crippen LogP contribution is -2.11. The van der Waals surface area contributed by atoms with Crippen LogP contribution in [0.5, 0.6) is 0 Å². The van der Waals surface area contributed by atoms with Gasteiger partial charge in [-0.15, -0.1) is 0 Å². The molecule has 6 heteroatoms. The fourth-order valence-electron chi connectivity index (χ4n) is 1.79. The lowest BCUT2D eigenvalue weighted by Gasteiger charge is -2.15. The molecule has 2 heterocycles. The van der Waals surface area contributed by atoms with Gasteiger partial charge in [-0.1, -0.05) is 6.07 Å². The number of nitrogens with zero attached hydrogens (tertiary/aromatic N) is 3. The smallest absolute Gasteiger partial charge is 0.158 e. The summed E-state index contributed by atoms with van der Waals surface area (Å²) in [5.74, 6) is 1.69. The summed E-state index contributed by atoms with van der Waals surface area (Å²) in [5.41, 5.74) is 6.87. The third kappa shape index (κ3) is 3.89. The van der Waals surface area contributed by atoms with Crippen LogP contribution in [0.25, 0.3) is 0 Å². The average Bonchev–Trinajstić information content (AvgIpc) is 2.45. The van der Waals surface area contributed by atoms with Crippen LogP contribution >= 0.6 is 0 Å². The van der Waals surface area contributed by atoms with E-state index in [4.69, 9.17) is 10.5 Å². The van der Waals surface area contributed by atoms with Gasteiger partial charge in [0.1, 0.15) is 18.2 Å². The van der Waals surface area contributed by atoms with Crippen molar-refractivity contribution in [2.75, 3.05) is 17.7 Å². The van der Waals surface area contributed by atoms with Crippen LogP contribution in [0.3, 0.4) is 0 Å². The zero-order valence-corrected chi connectivity index (χ0v) is 11.7. The van der Waals surface area contributed by atoms with Crippen molar-refractivity contribution >= 4 is 11.6 Å². The van der Waals surface area contributed by atoms with Crippen LogP contribution in [-0.2, 0) is 11.3 Å². The van der Waals surface area contributed by atoms with Gasteiger partial charge in [-0.3, -0.25) is 4.98 Å². The van der Waals surface area contributed by atoms with Gasteiger partial charge in [-0.05, 0) is 25.5 Å². The van der Waals surface area contributed by atoms with E-state index < -0.39 is 0 Å². The molecular formula is C14H19N5O. The Labute approximate surface area is 118 Å². The molecule has 0 aliphatic carbocycles. The summed E-state index contributed by atoms with van der Waals surface area (Å²) in [6.07, 6.45) is 3.57. The lowest BCUT2D eigenvalue weighted by molar-refractivity contribution is 0.128. The normalized spacial score (nSPS) is 12.1. The Kier molecular flexibility index (Phi) is 4.84. The van der Waals surface area contributed by atoms with E-state index in [9.17, 15) is 0 Å². The first kappa shape index (κ1) is 14.2. The minimum atomic E-state index is 0.0814. The molecule has 0 aliphatic heterocycles. The second kappa shape index (κ2) is 6.81. The zero-order valence-electron chi connectivity index (χ0n) is 11.7. The minimum absolute atomic E-state index is 0.0814. The Morgan fingerprint density at radius 3 is 2.95 bits per heavy atom. The molecule has 2 aromatic rings. The molecule has 106 valence electrons. The SMILES string of the molecule is CCOCc1nc(N)cc(NC(C)c2cccnc2)n1. The highest BCUT2D eigenvalue weighted by Crippen LogP contribution is 2.18. The fraction of sp³-hybridized carbons (Fsp3) is 0.357. The summed E-state index contributed by atoms with van der Waals surface area (Å²) < 4.78 is 5.30. The first-order valence-electron chi connectivity index (χ1n) is 6.56. The molecule has 1 atom stereocenters. The number of nitrogens with one attached hydrogen (secondary N) is 1. The lowest BCUT2D eigenvalue weighted by atomic mass is 10.1. The predicted octanol–water partition coefficient (Wildman–Crippen LogP) is 2.16. The molecule has 0 radical (unpaired) electrons. The molecular weight excluding hydrogens is 254 g/mol. The Bertz CT molecular complexity index is 547. The topological polar surface area (TPSA) is 86.0 Å². The summed E-state index contributed by atoms with van der Waals surface area (Å²) >= 11 is 0. The summed E-state index contributed by atoms with van der Waals surface area (Å²) in [6.45, 7) is 4.94. The van der Waals surface area contributed by atoms with Crippen LogP contribution in [0, 0.1) is 0 Å². The van der Waals surface area contributed by atoms with Crippen molar-refractivity contribution in [1.82, 2.24) is 15.0 Å². The Morgan fingerprint density at radius 2 is 2.25 bits per heavy atom. The highest BCUT2D eigenvalue weighted by molar-refractivity contribution is 5.46. The van der Waals surface area contributed by atoms with E-state index in [0.29, 0.717) is 30.7 Å². The number of nitrogen functional groups attached to an aromatic ring is 1. The molecule has 1 unspecified atom stereocenters. The van der Waals surface area contributed by atoms with Crippen molar-refractivity contribution < 1.29 is 4.74 Å². The third-order valence-electron chi connectivity index (χ3n) is 2.78. The van der Waals surface area contributed by atoms with Crippen molar-refractivity contribution in [2.24, 2.45) is 0 Å². The third-order valence-corrected chi connectivity index (χ3v) is 2.78. The fourth-order valence-corrected chi connectivity index (χ4v) is 1.79. The Hall–Kier alpha value is -2.21. The monoisotopic (exact) mass is 273 g/mol. The summed E-state index contributed by atoms with van der Waals surface area (Å²) in [5, 5.41) is 3.29. The van der Waals surface area contributed by atoms with Crippen LogP contribution in [0.4, 0.5) is 11.6 Å². The quantitative estimate of drug-likeness (QED) is 0.838. The molecule has 6 nitrogen and oxygen atoms in total. The van der Waals surface area contributed by atoms with E-state index in [1.54, 1.807) is 12.3 Å². The van der Waals surface area contributed by atoms with Gasteiger partial charge in [0.05, 0.1) is 6.04 Å². The molecule has 3 N–H and O–H groups in total. The predicted molar refractivity (Wildman–Crippen MR) is 78.0 cm³/mol. The van der Waals surface area contributed by atoms with Gasteiger partial charge >= 0.3 is 0 Å². The average molecular weight is 273 g/mol. The van der Waals surface area contributed by atoms with Gasteiger partial charge < -0.3 is 15.8 Å². The first-order valence-corrected chi connectivity index (χ1v) is 6.56. The van der Waals surface area contributed by atoms with Crippen molar-refractivity contribution in [2.45, 2.75) is 26.5 Å². The van der Waals surface area contributed by atoms with Crippen LogP contribution in [0.1, 0.15) is 31.3 Å². The number of aromatic nitrogens is 3. The van der Waals surface area contributed by atoms with Gasteiger partial charge in [0.25, 0.3) is 0 Å². The molecule has 0 bridgehead atoms. The number of ether oxygens (including phenoxy) is 1. The highest BCUT2D eigenvalue weighted by atomic mass is 16.5. The zero-order chi connectivity index (χ0) is 14.4.